The van der Waals surface area contributed by atoms with Crippen LogP contribution in [0.3, 0.4) is 0 Å². The molecule has 0 fully saturated rings. The molecular formula is C12H9F4I3O6S. The third-order valence-electron chi connectivity index (χ3n) is 2.73. The molecule has 0 bridgehead atoms. The molecule has 148 valence electrons. The molecule has 26 heavy (non-hydrogen) atoms. The van der Waals surface area contributed by atoms with E-state index in [0.29, 0.717) is 12.9 Å². The fourth-order valence-corrected chi connectivity index (χ4v) is 5.84. The highest BCUT2D eigenvalue weighted by molar-refractivity contribution is 14.1. The van der Waals surface area contributed by atoms with Crippen LogP contribution in [0.25, 0.3) is 0 Å². The van der Waals surface area contributed by atoms with Crippen LogP contribution < -0.4 is 4.74 Å². The first-order chi connectivity index (χ1) is 11.7. The van der Waals surface area contributed by atoms with Crippen molar-refractivity contribution in [3.05, 3.63) is 22.8 Å². The third-order valence-corrected chi connectivity index (χ3v) is 5.90. The molecule has 6 nitrogen and oxygen atoms in total. The van der Waals surface area contributed by atoms with E-state index in [1.54, 1.807) is 12.1 Å². The highest BCUT2D eigenvalue weighted by Crippen LogP contribution is 2.40. The van der Waals surface area contributed by atoms with Crippen molar-refractivity contribution in [3.63, 3.8) is 0 Å². The van der Waals surface area contributed by atoms with E-state index in [1.807, 2.05) is 45.2 Å². The van der Waals surface area contributed by atoms with Crippen LogP contribution in [0.2, 0.25) is 0 Å². The van der Waals surface area contributed by atoms with Crippen molar-refractivity contribution in [3.8, 4) is 5.75 Å². The molecule has 1 rings (SSSR count). The molecule has 0 aliphatic carbocycles. The first kappa shape index (κ1) is 24.3. The molecule has 0 aromatic heterocycles. The Kier molecular flexibility index (Phi) is 8.62. The number of halogens is 7. The largest absolute Gasteiger partial charge is 0.480 e. The maximum atomic E-state index is 13.2. The molecule has 1 aromatic carbocycles. The topological polar surface area (TPSA) is 89.9 Å². The number of esters is 1. The van der Waals surface area contributed by atoms with Gasteiger partial charge in [-0.2, -0.15) is 26.0 Å². The Balaban J connectivity index is 2.58. The predicted octanol–water partition coefficient (Wildman–Crippen LogP) is 3.93. The summed E-state index contributed by atoms with van der Waals surface area (Å²) in [6.07, 6.45) is -1.80. The van der Waals surface area contributed by atoms with Crippen molar-refractivity contribution in [1.29, 1.82) is 0 Å². The molecule has 14 heteroatoms. The smallest absolute Gasteiger partial charge is 0.431 e. The van der Waals surface area contributed by atoms with Gasteiger partial charge in [0.15, 0.2) is 6.61 Å². The minimum atomic E-state index is -6.32. The Bertz CT molecular complexity index is 764. The van der Waals surface area contributed by atoms with Gasteiger partial charge >= 0.3 is 27.3 Å². The molecular weight excluding hydrogens is 729 g/mol. The Morgan fingerprint density at radius 2 is 1.62 bits per heavy atom. The normalized spacial score (nSPS) is 12.8. The van der Waals surface area contributed by atoms with Crippen LogP contribution in [0, 0.1) is 10.7 Å². The summed E-state index contributed by atoms with van der Waals surface area (Å²) >= 11 is 6.01. The van der Waals surface area contributed by atoms with E-state index in [0.717, 1.165) is 3.57 Å². The zero-order valence-corrected chi connectivity index (χ0v) is 19.6. The standard InChI is InChI=1S/C12H9F4I3O6S/c13-11(14,12(15,16)26(21,22)23)1-2-24-9(20)5-25-10-7(18)3-6(17)4-8(10)19/h3-4H,1-2,5H2,(H,21,22,23). The fraction of sp³-hybridized carbons (Fsp3) is 0.417. The zero-order valence-electron chi connectivity index (χ0n) is 12.3. The molecule has 1 aromatic rings. The number of alkyl halides is 4. The van der Waals surface area contributed by atoms with Gasteiger partial charge in [-0.3, -0.25) is 4.55 Å². The molecule has 0 aliphatic heterocycles. The van der Waals surface area contributed by atoms with E-state index >= 15 is 0 Å². The van der Waals surface area contributed by atoms with Gasteiger partial charge in [-0.1, -0.05) is 0 Å². The maximum absolute atomic E-state index is 13.2. The van der Waals surface area contributed by atoms with E-state index < -0.39 is 46.9 Å². The summed E-state index contributed by atoms with van der Waals surface area (Å²) in [5.74, 6) is -5.87. The molecule has 0 aliphatic rings. The van der Waals surface area contributed by atoms with Gasteiger partial charge in [0.1, 0.15) is 5.75 Å². The van der Waals surface area contributed by atoms with Gasteiger partial charge in [-0.25, -0.2) is 4.79 Å². The summed E-state index contributed by atoms with van der Waals surface area (Å²) in [4.78, 5) is 11.5. The lowest BCUT2D eigenvalue weighted by atomic mass is 10.2. The van der Waals surface area contributed by atoms with Gasteiger partial charge in [0.2, 0.25) is 0 Å². The number of carbonyl (C=O) groups is 1. The summed E-state index contributed by atoms with van der Waals surface area (Å²) in [5, 5.41) is -5.70. The van der Waals surface area contributed by atoms with Crippen molar-refractivity contribution in [1.82, 2.24) is 0 Å². The number of ether oxygens (including phenoxy) is 2. The average Bonchev–Trinajstić information content (AvgIpc) is 2.44. The molecule has 0 saturated heterocycles. The van der Waals surface area contributed by atoms with Crippen LogP contribution >= 0.6 is 67.8 Å². The molecule has 0 saturated carbocycles. The number of carbonyl (C=O) groups excluding carboxylic acids is 1. The van der Waals surface area contributed by atoms with Crippen LogP contribution in [0.5, 0.6) is 5.75 Å². The monoisotopic (exact) mass is 738 g/mol. The Hall–Kier alpha value is 0.310. The average molecular weight is 738 g/mol. The second-order valence-electron chi connectivity index (χ2n) is 4.65. The van der Waals surface area contributed by atoms with Crippen molar-refractivity contribution < 1.29 is 44.8 Å². The minimum Gasteiger partial charge on any atom is -0.480 e. The van der Waals surface area contributed by atoms with Crippen LogP contribution in [-0.4, -0.2) is 43.3 Å². The molecule has 0 amide bonds. The number of hydrogen-bond donors (Lipinski definition) is 1. The van der Waals surface area contributed by atoms with Gasteiger partial charge in [-0.05, 0) is 79.9 Å². The number of hydrogen-bond acceptors (Lipinski definition) is 5. The van der Waals surface area contributed by atoms with Gasteiger partial charge in [-0.15, -0.1) is 0 Å². The highest BCUT2D eigenvalue weighted by atomic mass is 127. The summed E-state index contributed by atoms with van der Waals surface area (Å²) in [6.45, 7) is -1.85. The van der Waals surface area contributed by atoms with Crippen molar-refractivity contribution in [2.24, 2.45) is 0 Å². The highest BCUT2D eigenvalue weighted by Gasteiger charge is 2.65. The second kappa shape index (κ2) is 9.21. The van der Waals surface area contributed by atoms with Crippen LogP contribution in [0.4, 0.5) is 17.6 Å². The lowest BCUT2D eigenvalue weighted by Crippen LogP contribution is -2.47. The van der Waals surface area contributed by atoms with Gasteiger partial charge in [0, 0.05) is 3.57 Å². The fourth-order valence-electron chi connectivity index (χ4n) is 1.47. The number of benzene rings is 1. The van der Waals surface area contributed by atoms with Crippen molar-refractivity contribution in [2.45, 2.75) is 17.6 Å². The van der Waals surface area contributed by atoms with Crippen LogP contribution in [-0.2, 0) is 19.6 Å². The van der Waals surface area contributed by atoms with Crippen molar-refractivity contribution >= 4 is 83.9 Å². The summed E-state index contributed by atoms with van der Waals surface area (Å²) in [5.41, 5.74) is 0. The predicted molar refractivity (Wildman–Crippen MR) is 107 cm³/mol. The Morgan fingerprint density at radius 3 is 2.08 bits per heavy atom. The second-order valence-corrected chi connectivity index (χ2v) is 9.69. The summed E-state index contributed by atoms with van der Waals surface area (Å²) in [6, 6.07) is 3.53. The van der Waals surface area contributed by atoms with E-state index in [-0.39, 0.29) is 0 Å². The molecule has 0 unspecified atom stereocenters. The van der Waals surface area contributed by atoms with Gasteiger partial charge < -0.3 is 9.47 Å². The zero-order chi connectivity index (χ0) is 20.3. The van der Waals surface area contributed by atoms with E-state index in [9.17, 15) is 30.8 Å². The first-order valence-corrected chi connectivity index (χ1v) is 11.0. The van der Waals surface area contributed by atoms with Gasteiger partial charge in [0.25, 0.3) is 0 Å². The SMILES string of the molecule is O=C(COc1c(I)cc(I)cc1I)OCCC(F)(F)C(F)(F)S(=O)(=O)O. The molecule has 0 radical (unpaired) electrons. The van der Waals surface area contributed by atoms with Crippen molar-refractivity contribution in [2.75, 3.05) is 13.2 Å². The lowest BCUT2D eigenvalue weighted by Gasteiger charge is -2.23. The Morgan fingerprint density at radius 1 is 1.12 bits per heavy atom. The molecule has 0 heterocycles. The molecule has 0 atom stereocenters. The molecule has 1 N–H and O–H groups in total. The Labute approximate surface area is 186 Å². The van der Waals surface area contributed by atoms with E-state index in [1.165, 1.54) is 0 Å². The summed E-state index contributed by atoms with van der Waals surface area (Å²) < 4.78 is 93.1. The summed E-state index contributed by atoms with van der Waals surface area (Å²) in [7, 11) is -6.32. The molecule has 0 spiro atoms. The van der Waals surface area contributed by atoms with Crippen LogP contribution in [0.15, 0.2) is 12.1 Å². The number of rotatable bonds is 8. The van der Waals surface area contributed by atoms with Crippen LogP contribution in [0.1, 0.15) is 6.42 Å². The third kappa shape index (κ3) is 6.16. The maximum Gasteiger partial charge on any atom is 0.431 e. The first-order valence-electron chi connectivity index (χ1n) is 6.34. The van der Waals surface area contributed by atoms with E-state index in [2.05, 4.69) is 27.3 Å². The lowest BCUT2D eigenvalue weighted by molar-refractivity contribution is -0.175. The minimum absolute atomic E-state index is 0.367. The van der Waals surface area contributed by atoms with E-state index in [4.69, 9.17) is 9.29 Å². The quantitative estimate of drug-likeness (QED) is 0.189. The van der Waals surface area contributed by atoms with Gasteiger partial charge in [0.05, 0.1) is 20.2 Å².